The van der Waals surface area contributed by atoms with Gasteiger partial charge < -0.3 is 14.2 Å². The second kappa shape index (κ2) is 13.7. The first-order chi connectivity index (χ1) is 19.7. The smallest absolute Gasteiger partial charge is 0.386 e. The van der Waals surface area contributed by atoms with Crippen LogP contribution in [0.15, 0.2) is 48.5 Å². The van der Waals surface area contributed by atoms with Gasteiger partial charge >= 0.3 is 6.11 Å². The minimum absolute atomic E-state index is 0.00966. The number of hydrogen-bond donors (Lipinski definition) is 0. The molecule has 0 amide bonds. The van der Waals surface area contributed by atoms with Crippen LogP contribution in [0.25, 0.3) is 22.3 Å². The number of hydrogen-bond acceptors (Lipinski definition) is 3. The molecule has 4 rings (SSSR count). The Labute approximate surface area is 236 Å². The topological polar surface area (TPSA) is 27.7 Å². The zero-order valence-electron chi connectivity index (χ0n) is 23.1. The fourth-order valence-electron chi connectivity index (χ4n) is 4.90. The van der Waals surface area contributed by atoms with Crippen molar-refractivity contribution in [1.82, 2.24) is 0 Å². The minimum Gasteiger partial charge on any atom is -0.490 e. The van der Waals surface area contributed by atoms with Gasteiger partial charge in [-0.1, -0.05) is 63.4 Å². The molecule has 9 heteroatoms. The van der Waals surface area contributed by atoms with E-state index in [0.717, 1.165) is 37.8 Å². The van der Waals surface area contributed by atoms with E-state index in [4.69, 9.17) is 14.2 Å². The van der Waals surface area contributed by atoms with Gasteiger partial charge in [-0.3, -0.25) is 0 Å². The second-order valence-electron chi connectivity index (χ2n) is 10.2. The van der Waals surface area contributed by atoms with Gasteiger partial charge in [0.1, 0.15) is 0 Å². The van der Waals surface area contributed by atoms with Gasteiger partial charge in [-0.2, -0.15) is 13.2 Å². The molecule has 1 aliphatic heterocycles. The molecular formula is C32H34F6O3. The van der Waals surface area contributed by atoms with Crippen LogP contribution in [0.2, 0.25) is 0 Å². The predicted molar refractivity (Wildman–Crippen MR) is 145 cm³/mol. The Kier molecular flexibility index (Phi) is 10.4. The molecule has 0 radical (unpaired) electrons. The summed E-state index contributed by atoms with van der Waals surface area (Å²) in [6.07, 6.45) is 0.498. The highest BCUT2D eigenvalue weighted by molar-refractivity contribution is 5.71. The zero-order chi connectivity index (χ0) is 29.6. The van der Waals surface area contributed by atoms with E-state index in [2.05, 4.69) is 6.92 Å². The summed E-state index contributed by atoms with van der Waals surface area (Å²) in [5, 5.41) is 0. The molecule has 3 nitrogen and oxygen atoms in total. The van der Waals surface area contributed by atoms with E-state index in [9.17, 15) is 22.0 Å². The first-order valence-electron chi connectivity index (χ1n) is 14.0. The van der Waals surface area contributed by atoms with E-state index < -0.39 is 41.0 Å². The van der Waals surface area contributed by atoms with E-state index in [1.54, 1.807) is 0 Å². The van der Waals surface area contributed by atoms with Gasteiger partial charge in [0.05, 0.1) is 31.0 Å². The fraction of sp³-hybridized carbons (Fsp3) is 0.438. The molecule has 0 aromatic heterocycles. The quantitative estimate of drug-likeness (QED) is 0.158. The van der Waals surface area contributed by atoms with Crippen LogP contribution >= 0.6 is 0 Å². The van der Waals surface area contributed by atoms with Gasteiger partial charge in [-0.25, -0.2) is 13.2 Å². The molecule has 1 aliphatic rings. The molecule has 3 aromatic rings. The Morgan fingerprint density at radius 2 is 1.39 bits per heavy atom. The molecule has 2 atom stereocenters. The maximum Gasteiger partial charge on any atom is 0.386 e. The molecule has 2 unspecified atom stereocenters. The first kappa shape index (κ1) is 30.9. The molecule has 1 saturated heterocycles. The summed E-state index contributed by atoms with van der Waals surface area (Å²) in [5.74, 6) is -5.62. The molecule has 0 saturated carbocycles. The van der Waals surface area contributed by atoms with E-state index in [1.807, 2.05) is 6.92 Å². The maximum absolute atomic E-state index is 15.0. The average Bonchev–Trinajstić information content (AvgIpc) is 2.96. The van der Waals surface area contributed by atoms with Gasteiger partial charge in [0.2, 0.25) is 5.82 Å². The third kappa shape index (κ3) is 7.25. The molecule has 1 fully saturated rings. The molecule has 1 heterocycles. The predicted octanol–water partition coefficient (Wildman–Crippen LogP) is 9.56. The van der Waals surface area contributed by atoms with Crippen molar-refractivity contribution in [3.63, 3.8) is 0 Å². The summed E-state index contributed by atoms with van der Waals surface area (Å²) in [6.45, 7) is 4.12. The Morgan fingerprint density at radius 1 is 0.756 bits per heavy atom. The standard InChI is InChI=1S/C32H34F6O3/c1-3-5-6-7-22-12-13-23(19-40-22)41-32(37,38)26-16-14-24(28(33)30(26)35)20-8-10-21(11-9-20)25-15-17-27(39-18-4-2)31(36)29(25)34/h8-11,14-17,22-23H,3-7,12-13,18-19H2,1-2H3. The Hall–Kier alpha value is -3.04. The van der Waals surface area contributed by atoms with Gasteiger partial charge in [-0.15, -0.1) is 0 Å². The van der Waals surface area contributed by atoms with Crippen LogP contribution < -0.4 is 4.74 Å². The van der Waals surface area contributed by atoms with Crippen LogP contribution in [0, 0.1) is 23.3 Å². The fourth-order valence-corrected chi connectivity index (χ4v) is 4.90. The van der Waals surface area contributed by atoms with Crippen molar-refractivity contribution in [3.05, 3.63) is 77.4 Å². The van der Waals surface area contributed by atoms with Crippen LogP contribution in [0.5, 0.6) is 5.75 Å². The van der Waals surface area contributed by atoms with Crippen LogP contribution in [0.4, 0.5) is 26.3 Å². The summed E-state index contributed by atoms with van der Waals surface area (Å²) < 4.78 is 105. The Bertz CT molecular complexity index is 1300. The van der Waals surface area contributed by atoms with Gasteiger partial charge in [0, 0.05) is 11.1 Å². The summed E-state index contributed by atoms with van der Waals surface area (Å²) >= 11 is 0. The lowest BCUT2D eigenvalue weighted by atomic mass is 9.98. The molecule has 222 valence electrons. The lowest BCUT2D eigenvalue weighted by molar-refractivity contribution is -0.290. The lowest BCUT2D eigenvalue weighted by Gasteiger charge is -2.31. The summed E-state index contributed by atoms with van der Waals surface area (Å²) in [4.78, 5) is 0. The van der Waals surface area contributed by atoms with Crippen LogP contribution in [0.1, 0.15) is 64.4 Å². The normalized spacial score (nSPS) is 17.6. The zero-order valence-corrected chi connectivity index (χ0v) is 23.1. The molecule has 0 bridgehead atoms. The van der Waals surface area contributed by atoms with E-state index in [-0.39, 0.29) is 47.3 Å². The van der Waals surface area contributed by atoms with Gasteiger partial charge in [-0.05, 0) is 55.0 Å². The summed E-state index contributed by atoms with van der Waals surface area (Å²) in [6, 6.07) is 10.1. The first-order valence-corrected chi connectivity index (χ1v) is 14.0. The van der Waals surface area contributed by atoms with Crippen molar-refractivity contribution in [2.75, 3.05) is 13.2 Å². The average molecular weight is 581 g/mol. The van der Waals surface area contributed by atoms with Crippen molar-refractivity contribution < 1.29 is 40.6 Å². The SMILES string of the molecule is CCCCCC1CCC(OC(F)(F)c2ccc(-c3ccc(-c4ccc(OCCC)c(F)c4F)cc3)c(F)c2F)CO1. The largest absolute Gasteiger partial charge is 0.490 e. The number of benzene rings is 3. The highest BCUT2D eigenvalue weighted by Gasteiger charge is 2.41. The number of unbranched alkanes of at least 4 members (excludes halogenated alkanes) is 2. The van der Waals surface area contributed by atoms with Crippen molar-refractivity contribution in [2.24, 2.45) is 0 Å². The van der Waals surface area contributed by atoms with Gasteiger partial charge in [0.25, 0.3) is 0 Å². The number of halogens is 6. The second-order valence-corrected chi connectivity index (χ2v) is 10.2. The number of rotatable bonds is 12. The minimum atomic E-state index is -4.06. The van der Waals surface area contributed by atoms with Crippen molar-refractivity contribution in [2.45, 2.75) is 77.1 Å². The Balaban J connectivity index is 1.46. The molecular weight excluding hydrogens is 546 g/mol. The highest BCUT2D eigenvalue weighted by atomic mass is 19.3. The van der Waals surface area contributed by atoms with E-state index in [1.165, 1.54) is 36.4 Å². The molecule has 0 aliphatic carbocycles. The van der Waals surface area contributed by atoms with Crippen molar-refractivity contribution >= 4 is 0 Å². The number of ether oxygens (including phenoxy) is 3. The maximum atomic E-state index is 15.0. The summed E-state index contributed by atoms with van der Waals surface area (Å²) in [5.41, 5.74) is -1.06. The molecule has 3 aromatic carbocycles. The lowest BCUT2D eigenvalue weighted by Crippen LogP contribution is -2.36. The van der Waals surface area contributed by atoms with Crippen LogP contribution in [-0.4, -0.2) is 25.4 Å². The highest BCUT2D eigenvalue weighted by Crippen LogP contribution is 2.38. The summed E-state index contributed by atoms with van der Waals surface area (Å²) in [7, 11) is 0. The van der Waals surface area contributed by atoms with Crippen LogP contribution in [0.3, 0.4) is 0 Å². The third-order valence-corrected chi connectivity index (χ3v) is 7.18. The molecule has 0 N–H and O–H groups in total. The van der Waals surface area contributed by atoms with E-state index >= 15 is 4.39 Å². The third-order valence-electron chi connectivity index (χ3n) is 7.18. The van der Waals surface area contributed by atoms with E-state index in [0.29, 0.717) is 19.3 Å². The van der Waals surface area contributed by atoms with Crippen LogP contribution in [-0.2, 0) is 15.6 Å². The van der Waals surface area contributed by atoms with Crippen molar-refractivity contribution in [1.29, 1.82) is 0 Å². The monoisotopic (exact) mass is 580 g/mol. The molecule has 0 spiro atoms. The Morgan fingerprint density at radius 3 is 1.98 bits per heavy atom. The van der Waals surface area contributed by atoms with Crippen molar-refractivity contribution in [3.8, 4) is 28.0 Å². The number of alkyl halides is 2. The molecule has 41 heavy (non-hydrogen) atoms. The van der Waals surface area contributed by atoms with Gasteiger partial charge in [0.15, 0.2) is 23.2 Å².